The highest BCUT2D eigenvalue weighted by Gasteiger charge is 2.25. The van der Waals surface area contributed by atoms with Crippen molar-refractivity contribution in [3.8, 4) is 5.75 Å². The van der Waals surface area contributed by atoms with E-state index in [1.54, 1.807) is 0 Å². The minimum absolute atomic E-state index is 0. The number of anilines is 1. The molecule has 0 radical (unpaired) electrons. The van der Waals surface area contributed by atoms with Gasteiger partial charge in [-0.25, -0.2) is 4.99 Å². The average molecular weight is 522 g/mol. The Balaban J connectivity index is 0.00000320. The van der Waals surface area contributed by atoms with Crippen molar-refractivity contribution in [3.63, 3.8) is 0 Å². The van der Waals surface area contributed by atoms with E-state index in [-0.39, 0.29) is 35.8 Å². The third kappa shape index (κ3) is 7.85. The van der Waals surface area contributed by atoms with Crippen LogP contribution in [0.5, 0.6) is 5.75 Å². The fourth-order valence-electron chi connectivity index (χ4n) is 3.03. The lowest BCUT2D eigenvalue weighted by atomic mass is 9.85. The van der Waals surface area contributed by atoms with Crippen LogP contribution in [0.25, 0.3) is 0 Å². The predicted octanol–water partition coefficient (Wildman–Crippen LogP) is 4.18. The van der Waals surface area contributed by atoms with Gasteiger partial charge < -0.3 is 20.7 Å². The van der Waals surface area contributed by atoms with E-state index in [1.807, 2.05) is 61.5 Å². The van der Waals surface area contributed by atoms with E-state index < -0.39 is 0 Å². The maximum Gasteiger partial charge on any atom is 0.227 e. The Bertz CT molecular complexity index is 810. The standard InChI is InChI=1S/C23H30N4O2.HI/c1-2-24-23(25-14-15-29-21-12-4-3-5-13-21)26-17-18-8-6-11-20(16-18)27-22(28)19-9-7-10-19;/h3-6,8,11-13,16,19H,2,7,9-10,14-15,17H2,1H3,(H,27,28)(H2,24,25,26);1H. The summed E-state index contributed by atoms with van der Waals surface area (Å²) < 4.78 is 5.70. The molecule has 1 amide bonds. The monoisotopic (exact) mass is 522 g/mol. The fraction of sp³-hybridized carbons (Fsp3) is 0.391. The second-order valence-corrected chi connectivity index (χ2v) is 7.10. The Morgan fingerprint density at radius 3 is 2.60 bits per heavy atom. The molecule has 0 aliphatic heterocycles. The van der Waals surface area contributed by atoms with Gasteiger partial charge in [0.15, 0.2) is 5.96 Å². The normalized spacial score (nSPS) is 13.6. The molecular formula is C23H31IN4O2. The molecule has 162 valence electrons. The maximum absolute atomic E-state index is 12.1. The summed E-state index contributed by atoms with van der Waals surface area (Å²) in [4.78, 5) is 16.8. The van der Waals surface area contributed by atoms with Crippen LogP contribution in [0.3, 0.4) is 0 Å². The van der Waals surface area contributed by atoms with E-state index in [1.165, 1.54) is 0 Å². The van der Waals surface area contributed by atoms with Crippen molar-refractivity contribution in [2.45, 2.75) is 32.7 Å². The number of carbonyl (C=O) groups excluding carboxylic acids is 1. The Morgan fingerprint density at radius 2 is 1.90 bits per heavy atom. The minimum atomic E-state index is 0. The van der Waals surface area contributed by atoms with E-state index >= 15 is 0 Å². The van der Waals surface area contributed by atoms with Crippen molar-refractivity contribution in [2.24, 2.45) is 10.9 Å². The largest absolute Gasteiger partial charge is 0.492 e. The summed E-state index contributed by atoms with van der Waals surface area (Å²) in [6.45, 7) is 4.55. The summed E-state index contributed by atoms with van der Waals surface area (Å²) in [7, 11) is 0. The first-order chi connectivity index (χ1) is 14.2. The average Bonchev–Trinajstić information content (AvgIpc) is 2.69. The fourth-order valence-corrected chi connectivity index (χ4v) is 3.03. The number of para-hydroxylation sites is 1. The minimum Gasteiger partial charge on any atom is -0.492 e. The SMILES string of the molecule is CCNC(=NCc1cccc(NC(=O)C2CCC2)c1)NCCOc1ccccc1.I. The van der Waals surface area contributed by atoms with E-state index in [9.17, 15) is 4.79 Å². The van der Waals surface area contributed by atoms with Gasteiger partial charge in [-0.15, -0.1) is 24.0 Å². The molecule has 0 heterocycles. The van der Waals surface area contributed by atoms with Gasteiger partial charge in [-0.3, -0.25) is 4.79 Å². The van der Waals surface area contributed by atoms with Gasteiger partial charge in [0, 0.05) is 18.2 Å². The van der Waals surface area contributed by atoms with Crippen molar-refractivity contribution in [1.82, 2.24) is 10.6 Å². The zero-order valence-corrected chi connectivity index (χ0v) is 19.7. The molecule has 1 saturated carbocycles. The summed E-state index contributed by atoms with van der Waals surface area (Å²) in [5.74, 6) is 1.91. The van der Waals surface area contributed by atoms with Gasteiger partial charge in [0.2, 0.25) is 5.91 Å². The van der Waals surface area contributed by atoms with Crippen LogP contribution in [0.15, 0.2) is 59.6 Å². The first-order valence-electron chi connectivity index (χ1n) is 10.3. The van der Waals surface area contributed by atoms with Crippen LogP contribution in [-0.4, -0.2) is 31.6 Å². The zero-order valence-electron chi connectivity index (χ0n) is 17.4. The lowest BCUT2D eigenvalue weighted by Crippen LogP contribution is -2.39. The smallest absolute Gasteiger partial charge is 0.227 e. The number of hydrogen-bond donors (Lipinski definition) is 3. The highest BCUT2D eigenvalue weighted by atomic mass is 127. The molecule has 0 aromatic heterocycles. The molecule has 1 aliphatic rings. The first kappa shape index (κ1) is 24.0. The van der Waals surface area contributed by atoms with Crippen molar-refractivity contribution in [3.05, 3.63) is 60.2 Å². The highest BCUT2D eigenvalue weighted by molar-refractivity contribution is 14.0. The lowest BCUT2D eigenvalue weighted by Gasteiger charge is -2.24. The molecule has 0 saturated heterocycles. The number of aliphatic imine (C=N–C) groups is 1. The van der Waals surface area contributed by atoms with Crippen LogP contribution in [-0.2, 0) is 11.3 Å². The number of halogens is 1. The Labute approximate surface area is 195 Å². The zero-order chi connectivity index (χ0) is 20.3. The van der Waals surface area contributed by atoms with Crippen LogP contribution in [0.2, 0.25) is 0 Å². The molecule has 0 unspecified atom stereocenters. The van der Waals surface area contributed by atoms with E-state index in [0.29, 0.717) is 19.7 Å². The molecule has 0 spiro atoms. The number of hydrogen-bond acceptors (Lipinski definition) is 3. The molecule has 1 aliphatic carbocycles. The number of guanidine groups is 1. The van der Waals surface area contributed by atoms with Gasteiger partial charge in [0.1, 0.15) is 12.4 Å². The van der Waals surface area contributed by atoms with E-state index in [2.05, 4.69) is 20.9 Å². The van der Waals surface area contributed by atoms with Crippen molar-refractivity contribution in [2.75, 3.05) is 25.0 Å². The summed E-state index contributed by atoms with van der Waals surface area (Å²) in [6.07, 6.45) is 3.16. The molecule has 30 heavy (non-hydrogen) atoms. The van der Waals surface area contributed by atoms with Crippen LogP contribution in [0, 0.1) is 5.92 Å². The number of carbonyl (C=O) groups is 1. The Morgan fingerprint density at radius 1 is 1.10 bits per heavy atom. The van der Waals surface area contributed by atoms with Crippen LogP contribution >= 0.6 is 24.0 Å². The first-order valence-corrected chi connectivity index (χ1v) is 10.3. The predicted molar refractivity (Wildman–Crippen MR) is 133 cm³/mol. The molecule has 7 heteroatoms. The van der Waals surface area contributed by atoms with Gasteiger partial charge in [0.05, 0.1) is 13.1 Å². The van der Waals surface area contributed by atoms with E-state index in [4.69, 9.17) is 4.74 Å². The lowest BCUT2D eigenvalue weighted by molar-refractivity contribution is -0.122. The van der Waals surface area contributed by atoms with Crippen molar-refractivity contribution in [1.29, 1.82) is 0 Å². The second-order valence-electron chi connectivity index (χ2n) is 7.10. The quantitative estimate of drug-likeness (QED) is 0.200. The molecule has 1 fully saturated rings. The molecule has 3 N–H and O–H groups in total. The summed E-state index contributed by atoms with van der Waals surface area (Å²) in [5, 5.41) is 9.54. The van der Waals surface area contributed by atoms with Crippen LogP contribution in [0.1, 0.15) is 31.7 Å². The second kappa shape index (κ2) is 13.1. The third-order valence-corrected chi connectivity index (χ3v) is 4.84. The summed E-state index contributed by atoms with van der Waals surface area (Å²) in [6, 6.07) is 17.6. The van der Waals surface area contributed by atoms with Gasteiger partial charge in [-0.1, -0.05) is 36.8 Å². The Hall–Kier alpha value is -2.29. The van der Waals surface area contributed by atoms with Gasteiger partial charge in [-0.2, -0.15) is 0 Å². The molecule has 2 aromatic carbocycles. The molecule has 6 nitrogen and oxygen atoms in total. The molecule has 3 rings (SSSR count). The van der Waals surface area contributed by atoms with Crippen molar-refractivity contribution < 1.29 is 9.53 Å². The molecule has 0 atom stereocenters. The van der Waals surface area contributed by atoms with Gasteiger partial charge in [-0.05, 0) is 49.6 Å². The maximum atomic E-state index is 12.1. The van der Waals surface area contributed by atoms with E-state index in [0.717, 1.165) is 48.8 Å². The van der Waals surface area contributed by atoms with Crippen LogP contribution in [0.4, 0.5) is 5.69 Å². The molecular weight excluding hydrogens is 491 g/mol. The number of nitrogens with one attached hydrogen (secondary N) is 3. The third-order valence-electron chi connectivity index (χ3n) is 4.84. The number of amides is 1. The number of benzene rings is 2. The Kier molecular flexibility index (Phi) is 10.5. The van der Waals surface area contributed by atoms with Crippen molar-refractivity contribution >= 4 is 41.5 Å². The number of rotatable bonds is 9. The number of ether oxygens (including phenoxy) is 1. The van der Waals surface area contributed by atoms with Gasteiger partial charge >= 0.3 is 0 Å². The number of nitrogens with zero attached hydrogens (tertiary/aromatic N) is 1. The molecule has 0 bridgehead atoms. The highest BCUT2D eigenvalue weighted by Crippen LogP contribution is 2.27. The topological polar surface area (TPSA) is 74.8 Å². The van der Waals surface area contributed by atoms with Crippen LogP contribution < -0.4 is 20.7 Å². The summed E-state index contributed by atoms with van der Waals surface area (Å²) >= 11 is 0. The van der Waals surface area contributed by atoms with Gasteiger partial charge in [0.25, 0.3) is 0 Å². The summed E-state index contributed by atoms with van der Waals surface area (Å²) in [5.41, 5.74) is 1.89. The molecule has 2 aromatic rings.